The fourth-order valence-corrected chi connectivity index (χ4v) is 4.30. The molecule has 0 aliphatic rings. The van der Waals surface area contributed by atoms with Crippen LogP contribution in [0.4, 0.5) is 5.13 Å². The molecule has 4 aromatic rings. The fourth-order valence-electron chi connectivity index (χ4n) is 2.79. The van der Waals surface area contributed by atoms with Gasteiger partial charge in [-0.3, -0.25) is 4.79 Å². The minimum atomic E-state index is -0.0905. The quantitative estimate of drug-likeness (QED) is 0.431. The van der Waals surface area contributed by atoms with Crippen LogP contribution in [-0.4, -0.2) is 21.0 Å². The topological polar surface area (TPSA) is 105 Å². The van der Waals surface area contributed by atoms with Gasteiger partial charge in [-0.25, -0.2) is 4.98 Å². The highest BCUT2D eigenvalue weighted by molar-refractivity contribution is 7.15. The minimum Gasteiger partial charge on any atom is -0.339 e. The average molecular weight is 436 g/mol. The van der Waals surface area contributed by atoms with Crippen LogP contribution in [0.2, 0.25) is 0 Å². The largest absolute Gasteiger partial charge is 0.339 e. The van der Waals surface area contributed by atoms with E-state index in [0.29, 0.717) is 48.1 Å². The number of aromatic nitrogens is 3. The number of nitrogens with zero attached hydrogens (tertiary/aromatic N) is 4. The number of carbonyl (C=O) groups is 1. The van der Waals surface area contributed by atoms with Gasteiger partial charge in [0.25, 0.3) is 0 Å². The molecule has 0 saturated carbocycles. The summed E-state index contributed by atoms with van der Waals surface area (Å²) in [4.78, 5) is 22.8. The summed E-state index contributed by atoms with van der Waals surface area (Å²) in [5.41, 5.74) is 1.73. The lowest BCUT2D eigenvalue weighted by atomic mass is 10.1. The fraction of sp³-hybridized carbons (Fsp3) is 0.190. The highest BCUT2D eigenvalue weighted by atomic mass is 32.1. The van der Waals surface area contributed by atoms with Gasteiger partial charge in [0, 0.05) is 30.3 Å². The van der Waals surface area contributed by atoms with E-state index in [4.69, 9.17) is 9.78 Å². The summed E-state index contributed by atoms with van der Waals surface area (Å²) in [6.07, 6.45) is 3.99. The number of nitrogens with one attached hydrogen (secondary N) is 1. The number of thiazole rings is 1. The molecule has 0 fully saturated rings. The Hall–Kier alpha value is -3.35. The lowest BCUT2D eigenvalue weighted by molar-refractivity contribution is -0.116. The van der Waals surface area contributed by atoms with Gasteiger partial charge in [0.05, 0.1) is 16.5 Å². The third-order valence-electron chi connectivity index (χ3n) is 4.27. The number of rotatable bonds is 8. The van der Waals surface area contributed by atoms with E-state index < -0.39 is 0 Å². The first-order valence-corrected chi connectivity index (χ1v) is 11.0. The Bertz CT molecular complexity index is 1160. The van der Waals surface area contributed by atoms with E-state index in [9.17, 15) is 4.79 Å². The maximum absolute atomic E-state index is 12.2. The molecular formula is C21H17N5O2S2. The van der Waals surface area contributed by atoms with Crippen molar-refractivity contribution in [1.29, 1.82) is 5.26 Å². The maximum Gasteiger partial charge on any atom is 0.226 e. The van der Waals surface area contributed by atoms with Crippen molar-refractivity contribution in [2.45, 2.75) is 25.7 Å². The number of anilines is 1. The van der Waals surface area contributed by atoms with Crippen molar-refractivity contribution >= 4 is 33.7 Å². The SMILES string of the molecule is N#Cc1ccc(Cc2cnc(NC(=O)CCCc3nc(-c4cccs4)no3)s2)cc1. The first-order valence-electron chi connectivity index (χ1n) is 9.29. The summed E-state index contributed by atoms with van der Waals surface area (Å²) < 4.78 is 5.25. The zero-order valence-corrected chi connectivity index (χ0v) is 17.5. The van der Waals surface area contributed by atoms with Crippen molar-refractivity contribution in [3.05, 3.63) is 69.9 Å². The van der Waals surface area contributed by atoms with Crippen molar-refractivity contribution in [2.75, 3.05) is 5.32 Å². The van der Waals surface area contributed by atoms with Gasteiger partial charge in [-0.15, -0.1) is 22.7 Å². The lowest BCUT2D eigenvalue weighted by Crippen LogP contribution is -2.11. The zero-order valence-electron chi connectivity index (χ0n) is 15.9. The number of hydrogen-bond donors (Lipinski definition) is 1. The molecule has 30 heavy (non-hydrogen) atoms. The van der Waals surface area contributed by atoms with Crippen molar-refractivity contribution in [3.63, 3.8) is 0 Å². The van der Waals surface area contributed by atoms with Gasteiger partial charge in [-0.2, -0.15) is 10.2 Å². The highest BCUT2D eigenvalue weighted by Gasteiger charge is 2.11. The van der Waals surface area contributed by atoms with Gasteiger partial charge in [0.15, 0.2) is 5.13 Å². The van der Waals surface area contributed by atoms with Gasteiger partial charge in [-0.1, -0.05) is 23.4 Å². The Balaban J connectivity index is 1.23. The number of aryl methyl sites for hydroxylation is 1. The average Bonchev–Trinajstić information content (AvgIpc) is 3.51. The van der Waals surface area contributed by atoms with Crippen LogP contribution in [0.1, 0.15) is 34.7 Å². The molecule has 7 nitrogen and oxygen atoms in total. The van der Waals surface area contributed by atoms with E-state index in [2.05, 4.69) is 26.5 Å². The molecule has 1 aromatic carbocycles. The number of benzene rings is 1. The number of carbonyl (C=O) groups excluding carboxylic acids is 1. The van der Waals surface area contributed by atoms with Gasteiger partial charge < -0.3 is 9.84 Å². The molecule has 0 aliphatic heterocycles. The summed E-state index contributed by atoms with van der Waals surface area (Å²) in [5.74, 6) is 1.03. The van der Waals surface area contributed by atoms with Gasteiger partial charge in [0.2, 0.25) is 17.6 Å². The molecule has 1 amide bonds. The molecule has 0 radical (unpaired) electrons. The van der Waals surface area contributed by atoms with Crippen LogP contribution in [0.3, 0.4) is 0 Å². The summed E-state index contributed by atoms with van der Waals surface area (Å²) in [5, 5.41) is 18.2. The first-order chi connectivity index (χ1) is 14.7. The molecule has 9 heteroatoms. The number of thiophene rings is 1. The van der Waals surface area contributed by atoms with E-state index in [1.807, 2.05) is 29.6 Å². The second kappa shape index (κ2) is 9.43. The van der Waals surface area contributed by atoms with Crippen molar-refractivity contribution in [1.82, 2.24) is 15.1 Å². The molecule has 0 spiro atoms. The molecule has 0 atom stereocenters. The molecular weight excluding hydrogens is 418 g/mol. The predicted octanol–water partition coefficient (Wildman–Crippen LogP) is 4.68. The second-order valence-electron chi connectivity index (χ2n) is 6.51. The Labute approximate surface area is 181 Å². The van der Waals surface area contributed by atoms with Gasteiger partial charge >= 0.3 is 0 Å². The van der Waals surface area contributed by atoms with E-state index in [1.54, 1.807) is 29.7 Å². The minimum absolute atomic E-state index is 0.0905. The summed E-state index contributed by atoms with van der Waals surface area (Å²) in [6.45, 7) is 0. The molecule has 150 valence electrons. The Morgan fingerprint density at radius 3 is 2.87 bits per heavy atom. The van der Waals surface area contributed by atoms with Crippen molar-refractivity contribution < 1.29 is 9.32 Å². The Morgan fingerprint density at radius 1 is 1.23 bits per heavy atom. The van der Waals surface area contributed by atoms with Crippen molar-refractivity contribution in [3.8, 4) is 16.8 Å². The zero-order chi connectivity index (χ0) is 20.8. The van der Waals surface area contributed by atoms with Gasteiger partial charge in [-0.05, 0) is 35.6 Å². The van der Waals surface area contributed by atoms with Crippen LogP contribution in [0.15, 0.2) is 52.5 Å². The molecule has 3 aromatic heterocycles. The predicted molar refractivity (Wildman–Crippen MR) is 115 cm³/mol. The molecule has 4 rings (SSSR count). The molecule has 3 heterocycles. The van der Waals surface area contributed by atoms with Crippen LogP contribution in [-0.2, 0) is 17.6 Å². The third kappa shape index (κ3) is 5.17. The highest BCUT2D eigenvalue weighted by Crippen LogP contribution is 2.23. The first kappa shape index (κ1) is 19.9. The monoisotopic (exact) mass is 435 g/mol. The van der Waals surface area contributed by atoms with Crippen molar-refractivity contribution in [2.24, 2.45) is 0 Å². The smallest absolute Gasteiger partial charge is 0.226 e. The Kier molecular flexibility index (Phi) is 6.27. The van der Waals surface area contributed by atoms with Crippen LogP contribution < -0.4 is 5.32 Å². The van der Waals surface area contributed by atoms with Crippen LogP contribution in [0, 0.1) is 11.3 Å². The standard InChI is InChI=1S/C21H17N5O2S2/c22-12-15-8-6-14(7-9-15)11-16-13-23-21(30-16)24-18(27)4-1-5-19-25-20(26-28-19)17-3-2-10-29-17/h2-3,6-10,13H,1,4-5,11H2,(H,23,24,27). The Morgan fingerprint density at radius 2 is 2.10 bits per heavy atom. The van der Waals surface area contributed by atoms with Crippen LogP contribution in [0.5, 0.6) is 0 Å². The molecule has 0 bridgehead atoms. The third-order valence-corrected chi connectivity index (χ3v) is 6.04. The lowest BCUT2D eigenvalue weighted by Gasteiger charge is -2.00. The summed E-state index contributed by atoms with van der Waals surface area (Å²) in [7, 11) is 0. The number of amides is 1. The molecule has 0 unspecified atom stereocenters. The van der Waals surface area contributed by atoms with E-state index in [-0.39, 0.29) is 5.91 Å². The van der Waals surface area contributed by atoms with E-state index >= 15 is 0 Å². The van der Waals surface area contributed by atoms with Crippen LogP contribution >= 0.6 is 22.7 Å². The number of nitriles is 1. The maximum atomic E-state index is 12.2. The van der Waals surface area contributed by atoms with Crippen LogP contribution in [0.25, 0.3) is 10.7 Å². The van der Waals surface area contributed by atoms with E-state index in [0.717, 1.165) is 15.3 Å². The van der Waals surface area contributed by atoms with Gasteiger partial charge in [0.1, 0.15) is 0 Å². The second-order valence-corrected chi connectivity index (χ2v) is 8.57. The molecule has 0 saturated heterocycles. The number of hydrogen-bond acceptors (Lipinski definition) is 8. The normalized spacial score (nSPS) is 10.6. The summed E-state index contributed by atoms with van der Waals surface area (Å²) >= 11 is 3.01. The van der Waals surface area contributed by atoms with E-state index in [1.165, 1.54) is 11.3 Å². The molecule has 0 aliphatic carbocycles. The molecule has 1 N–H and O–H groups in total. The summed E-state index contributed by atoms with van der Waals surface area (Å²) in [6, 6.07) is 13.4.